The van der Waals surface area contributed by atoms with Gasteiger partial charge >= 0.3 is 0 Å². The van der Waals surface area contributed by atoms with Crippen molar-refractivity contribution in [2.75, 3.05) is 0 Å². The number of aliphatic hydroxyl groups excluding tert-OH is 1. The Hall–Kier alpha value is -0.490. The van der Waals surface area contributed by atoms with Gasteiger partial charge in [0.2, 0.25) is 0 Å². The van der Waals surface area contributed by atoms with E-state index in [1.54, 1.807) is 6.92 Å². The van der Waals surface area contributed by atoms with Gasteiger partial charge in [0.1, 0.15) is 12.2 Å². The Bertz CT molecular complexity index is 426. The molecule has 0 spiro atoms. The van der Waals surface area contributed by atoms with Crippen LogP contribution < -0.4 is 0 Å². The first-order valence-corrected chi connectivity index (χ1v) is 8.80. The number of carbonyl (C=O) groups is 1. The Kier molecular flexibility index (Phi) is 5.88. The molecule has 2 saturated heterocycles. The second-order valence-electron chi connectivity index (χ2n) is 7.61. The van der Waals surface area contributed by atoms with Crippen LogP contribution in [0.25, 0.3) is 0 Å². The van der Waals surface area contributed by atoms with Crippen molar-refractivity contribution in [2.24, 2.45) is 23.7 Å². The standard InChI is InChI=1S/C18H32O5/c1-8-9(2)16(12(5)19)22-18(10(8)3)23-17-14(7)21-13(6)11(4)15(17)20/h8-11,13-18,20H,1-7H3/t8-,9+,10?,11?,13-,14?,15+,16?,17+,18-/m0/s1. The van der Waals surface area contributed by atoms with E-state index in [1.165, 1.54) is 0 Å². The molecule has 2 fully saturated rings. The second kappa shape index (κ2) is 7.18. The summed E-state index contributed by atoms with van der Waals surface area (Å²) in [6.07, 6.45) is -2.20. The number of hydrogen-bond donors (Lipinski definition) is 1. The van der Waals surface area contributed by atoms with Crippen LogP contribution in [0.5, 0.6) is 0 Å². The van der Waals surface area contributed by atoms with Crippen LogP contribution in [0, 0.1) is 23.7 Å². The summed E-state index contributed by atoms with van der Waals surface area (Å²) in [5, 5.41) is 10.6. The van der Waals surface area contributed by atoms with Crippen LogP contribution in [-0.2, 0) is 19.0 Å². The highest BCUT2D eigenvalue weighted by Gasteiger charge is 2.46. The SMILES string of the molecule is CC(=O)C1O[C@@H](O[C@@H]2C(C)O[C@@H](C)C(C)[C@H]2O)C(C)[C@@H](C)[C@H]1C. The van der Waals surface area contributed by atoms with E-state index in [0.29, 0.717) is 5.92 Å². The van der Waals surface area contributed by atoms with Crippen molar-refractivity contribution in [3.63, 3.8) is 0 Å². The molecule has 0 bridgehead atoms. The predicted octanol–water partition coefficient (Wildman–Crippen LogP) is 2.40. The fraction of sp³-hybridized carbons (Fsp3) is 0.944. The van der Waals surface area contributed by atoms with Crippen molar-refractivity contribution < 1.29 is 24.1 Å². The van der Waals surface area contributed by atoms with E-state index in [0.717, 1.165) is 0 Å². The van der Waals surface area contributed by atoms with Gasteiger partial charge in [-0.1, -0.05) is 27.7 Å². The molecule has 134 valence electrons. The number of aliphatic hydroxyl groups is 1. The van der Waals surface area contributed by atoms with E-state index in [1.807, 2.05) is 27.7 Å². The average molecular weight is 328 g/mol. The minimum atomic E-state index is -0.602. The van der Waals surface area contributed by atoms with Gasteiger partial charge in [-0.15, -0.1) is 0 Å². The highest BCUT2D eigenvalue weighted by Crippen LogP contribution is 2.38. The van der Waals surface area contributed by atoms with Crippen molar-refractivity contribution in [3.8, 4) is 0 Å². The van der Waals surface area contributed by atoms with Gasteiger partial charge in [0.25, 0.3) is 0 Å². The van der Waals surface area contributed by atoms with E-state index in [4.69, 9.17) is 14.2 Å². The lowest BCUT2D eigenvalue weighted by molar-refractivity contribution is -0.300. The maximum Gasteiger partial charge on any atom is 0.161 e. The van der Waals surface area contributed by atoms with Gasteiger partial charge in [-0.05, 0) is 32.6 Å². The summed E-state index contributed by atoms with van der Waals surface area (Å²) in [5.41, 5.74) is 0. The first kappa shape index (κ1) is 18.8. The predicted molar refractivity (Wildman–Crippen MR) is 86.9 cm³/mol. The number of ketones is 1. The molecule has 5 heteroatoms. The van der Waals surface area contributed by atoms with Gasteiger partial charge in [0.05, 0.1) is 18.3 Å². The minimum Gasteiger partial charge on any atom is -0.390 e. The molecule has 0 radical (unpaired) electrons. The Morgan fingerprint density at radius 3 is 2.04 bits per heavy atom. The quantitative estimate of drug-likeness (QED) is 0.862. The van der Waals surface area contributed by atoms with Crippen molar-refractivity contribution in [2.45, 2.75) is 85.3 Å². The van der Waals surface area contributed by atoms with Crippen LogP contribution >= 0.6 is 0 Å². The largest absolute Gasteiger partial charge is 0.390 e. The average Bonchev–Trinajstić information content (AvgIpc) is 2.48. The molecule has 0 aromatic carbocycles. The third kappa shape index (κ3) is 3.63. The Morgan fingerprint density at radius 1 is 0.870 bits per heavy atom. The molecule has 23 heavy (non-hydrogen) atoms. The molecular weight excluding hydrogens is 296 g/mol. The molecule has 0 aliphatic carbocycles. The van der Waals surface area contributed by atoms with Crippen LogP contribution in [0.2, 0.25) is 0 Å². The van der Waals surface area contributed by atoms with Crippen LogP contribution in [-0.4, -0.2) is 47.7 Å². The van der Waals surface area contributed by atoms with E-state index in [9.17, 15) is 9.90 Å². The van der Waals surface area contributed by atoms with E-state index < -0.39 is 24.6 Å². The second-order valence-corrected chi connectivity index (χ2v) is 7.61. The van der Waals surface area contributed by atoms with Gasteiger partial charge in [-0.3, -0.25) is 4.79 Å². The number of hydrogen-bond acceptors (Lipinski definition) is 5. The smallest absolute Gasteiger partial charge is 0.161 e. The lowest BCUT2D eigenvalue weighted by Gasteiger charge is -2.47. The van der Waals surface area contributed by atoms with Crippen LogP contribution in [0.3, 0.4) is 0 Å². The molecule has 2 aliphatic rings. The topological polar surface area (TPSA) is 65.0 Å². The van der Waals surface area contributed by atoms with E-state index >= 15 is 0 Å². The third-order valence-corrected chi connectivity index (χ3v) is 6.05. The highest BCUT2D eigenvalue weighted by atomic mass is 16.7. The van der Waals surface area contributed by atoms with Gasteiger partial charge < -0.3 is 19.3 Å². The normalized spacial score (nSPS) is 51.5. The van der Waals surface area contributed by atoms with Crippen molar-refractivity contribution in [1.82, 2.24) is 0 Å². The zero-order valence-corrected chi connectivity index (χ0v) is 15.4. The lowest BCUT2D eigenvalue weighted by atomic mass is 9.78. The molecule has 2 heterocycles. The zero-order valence-electron chi connectivity index (χ0n) is 15.4. The molecule has 0 saturated carbocycles. The minimum absolute atomic E-state index is 0.00459. The van der Waals surface area contributed by atoms with Gasteiger partial charge in [-0.25, -0.2) is 0 Å². The highest BCUT2D eigenvalue weighted by molar-refractivity contribution is 5.80. The lowest BCUT2D eigenvalue weighted by Crippen LogP contribution is -2.57. The molecule has 0 aromatic heterocycles. The summed E-state index contributed by atoms with van der Waals surface area (Å²) in [4.78, 5) is 11.9. The molecule has 5 nitrogen and oxygen atoms in total. The van der Waals surface area contributed by atoms with Crippen LogP contribution in [0.15, 0.2) is 0 Å². The van der Waals surface area contributed by atoms with Gasteiger partial charge in [0.15, 0.2) is 12.1 Å². The maximum atomic E-state index is 11.9. The first-order chi connectivity index (χ1) is 10.6. The summed E-state index contributed by atoms with van der Waals surface area (Å²) in [6, 6.07) is 0. The number of rotatable bonds is 3. The molecule has 2 rings (SSSR count). The van der Waals surface area contributed by atoms with E-state index in [2.05, 4.69) is 13.8 Å². The Labute approximate surface area is 139 Å². The summed E-state index contributed by atoms with van der Waals surface area (Å²) in [6.45, 7) is 13.7. The molecular formula is C18H32O5. The monoisotopic (exact) mass is 328 g/mol. The van der Waals surface area contributed by atoms with Gasteiger partial charge in [-0.2, -0.15) is 0 Å². The fourth-order valence-electron chi connectivity index (χ4n) is 3.76. The molecule has 0 amide bonds. The van der Waals surface area contributed by atoms with Crippen LogP contribution in [0.1, 0.15) is 48.5 Å². The molecule has 2 aliphatic heterocycles. The molecule has 0 aromatic rings. The first-order valence-electron chi connectivity index (χ1n) is 8.80. The Morgan fingerprint density at radius 2 is 1.48 bits per heavy atom. The maximum absolute atomic E-state index is 11.9. The Balaban J connectivity index is 2.12. The summed E-state index contributed by atoms with van der Waals surface area (Å²) >= 11 is 0. The van der Waals surface area contributed by atoms with Crippen LogP contribution in [0.4, 0.5) is 0 Å². The molecule has 4 unspecified atom stereocenters. The molecule has 1 N–H and O–H groups in total. The number of carbonyl (C=O) groups excluding carboxylic acids is 1. The van der Waals surface area contributed by atoms with Crippen molar-refractivity contribution >= 4 is 5.78 Å². The summed E-state index contributed by atoms with van der Waals surface area (Å²) < 4.78 is 18.0. The fourth-order valence-corrected chi connectivity index (χ4v) is 3.76. The van der Waals surface area contributed by atoms with Crippen molar-refractivity contribution in [3.05, 3.63) is 0 Å². The number of Topliss-reactive ketones (excluding diaryl/α,β-unsaturated/α-hetero) is 1. The third-order valence-electron chi connectivity index (χ3n) is 6.05. The summed E-state index contributed by atoms with van der Waals surface area (Å²) in [7, 11) is 0. The summed E-state index contributed by atoms with van der Waals surface area (Å²) in [5.74, 6) is 0.632. The van der Waals surface area contributed by atoms with Crippen molar-refractivity contribution in [1.29, 1.82) is 0 Å². The van der Waals surface area contributed by atoms with Gasteiger partial charge in [0, 0.05) is 11.8 Å². The van der Waals surface area contributed by atoms with E-state index in [-0.39, 0.29) is 35.7 Å². The zero-order chi connectivity index (χ0) is 17.5. The molecule has 10 atom stereocenters. The number of ether oxygens (including phenoxy) is 3.